The number of aromatic nitrogens is 2. The van der Waals surface area contributed by atoms with E-state index in [9.17, 15) is 19.2 Å². The summed E-state index contributed by atoms with van der Waals surface area (Å²) in [6, 6.07) is 18.7. The standard InChI is InChI=1S/C39H48N6O6/c1-27(51-23-29-12-8-5-9-13-29)33(37(49)42-14-16-50-17-15-42)41-34(46)32-22-43(24-39(32)25-44(26-39)36(48)31-18-38(31,2)3)35(47)30-19-40-45(21-30)20-28-10-6-4-7-11-28/h4-13,19,21,27,31-33H,14-18,20,22-26H2,1-3H3,(H,41,46)/t27-,31-,32?,33+/m1/s1. The molecule has 1 aromatic heterocycles. The molecule has 0 radical (unpaired) electrons. The SMILES string of the molecule is C[C@@H](OCc1ccccc1)[C@H](NC(=O)C1CN(C(=O)c2cnn(Cc3ccccc3)c2)CC12CN(C(=O)[C@H]1CC1(C)C)C2)C(=O)N1CCOCC1. The summed E-state index contributed by atoms with van der Waals surface area (Å²) < 4.78 is 13.4. The Morgan fingerprint density at radius 3 is 2.18 bits per heavy atom. The van der Waals surface area contributed by atoms with Gasteiger partial charge in [-0.1, -0.05) is 74.5 Å². The quantitative estimate of drug-likeness (QED) is 0.327. The first-order valence-electron chi connectivity index (χ1n) is 18.0. The van der Waals surface area contributed by atoms with Crippen LogP contribution in [0.25, 0.3) is 0 Å². The summed E-state index contributed by atoms with van der Waals surface area (Å²) >= 11 is 0. The molecule has 2 aromatic carbocycles. The molecule has 1 unspecified atom stereocenters. The fraction of sp³-hybridized carbons (Fsp3) is 0.513. The Hall–Kier alpha value is -4.55. The van der Waals surface area contributed by atoms with Crippen LogP contribution < -0.4 is 5.32 Å². The Morgan fingerprint density at radius 2 is 1.53 bits per heavy atom. The Balaban J connectivity index is 1.10. The largest absolute Gasteiger partial charge is 0.378 e. The molecule has 3 aromatic rings. The van der Waals surface area contributed by atoms with Crippen LogP contribution in [0.5, 0.6) is 0 Å². The number of likely N-dealkylation sites (tertiary alicyclic amines) is 2. The number of morpholine rings is 1. The highest BCUT2D eigenvalue weighted by Crippen LogP contribution is 2.54. The number of ether oxygens (including phenoxy) is 2. The minimum atomic E-state index is -0.942. The second kappa shape index (κ2) is 14.2. The Morgan fingerprint density at radius 1 is 0.902 bits per heavy atom. The maximum absolute atomic E-state index is 14.4. The number of hydrogen-bond donors (Lipinski definition) is 1. The van der Waals surface area contributed by atoms with Crippen molar-refractivity contribution in [3.05, 3.63) is 89.7 Å². The van der Waals surface area contributed by atoms with Gasteiger partial charge in [-0.05, 0) is 29.9 Å². The lowest BCUT2D eigenvalue weighted by Crippen LogP contribution is -2.65. The molecule has 1 N–H and O–H groups in total. The van der Waals surface area contributed by atoms with Gasteiger partial charge in [-0.25, -0.2) is 0 Å². The highest BCUT2D eigenvalue weighted by molar-refractivity contribution is 5.96. The van der Waals surface area contributed by atoms with Gasteiger partial charge in [0.1, 0.15) is 6.04 Å². The van der Waals surface area contributed by atoms with E-state index in [0.717, 1.165) is 17.5 Å². The van der Waals surface area contributed by atoms with E-state index in [0.29, 0.717) is 58.0 Å². The lowest BCUT2D eigenvalue weighted by molar-refractivity contribution is -0.153. The van der Waals surface area contributed by atoms with Gasteiger partial charge in [0.25, 0.3) is 5.91 Å². The molecule has 0 bridgehead atoms. The molecule has 4 aliphatic rings. The van der Waals surface area contributed by atoms with Gasteiger partial charge in [0.05, 0.1) is 50.1 Å². The van der Waals surface area contributed by atoms with Crippen LogP contribution in [0, 0.1) is 22.7 Å². The second-order valence-corrected chi connectivity index (χ2v) is 15.4. The fourth-order valence-corrected chi connectivity index (χ4v) is 7.81. The van der Waals surface area contributed by atoms with Crippen LogP contribution in [0.4, 0.5) is 0 Å². The Kier molecular flexibility index (Phi) is 9.73. The second-order valence-electron chi connectivity index (χ2n) is 15.4. The highest BCUT2D eigenvalue weighted by Gasteiger charge is 2.62. The van der Waals surface area contributed by atoms with Crippen molar-refractivity contribution in [1.29, 1.82) is 0 Å². The summed E-state index contributed by atoms with van der Waals surface area (Å²) in [5, 5.41) is 7.52. The van der Waals surface area contributed by atoms with Crippen molar-refractivity contribution >= 4 is 23.6 Å². The number of amides is 4. The maximum Gasteiger partial charge on any atom is 0.257 e. The average molecular weight is 697 g/mol. The number of benzene rings is 2. The van der Waals surface area contributed by atoms with Crippen molar-refractivity contribution < 1.29 is 28.7 Å². The summed E-state index contributed by atoms with van der Waals surface area (Å²) in [5.41, 5.74) is 1.82. The maximum atomic E-state index is 14.4. The van der Waals surface area contributed by atoms with Crippen molar-refractivity contribution in [1.82, 2.24) is 29.8 Å². The van der Waals surface area contributed by atoms with E-state index in [1.807, 2.05) is 65.6 Å². The number of nitrogens with zero attached hydrogens (tertiary/aromatic N) is 5. The molecular weight excluding hydrogens is 648 g/mol. The van der Waals surface area contributed by atoms with E-state index in [1.165, 1.54) is 0 Å². The van der Waals surface area contributed by atoms with Crippen LogP contribution in [0.2, 0.25) is 0 Å². The van der Waals surface area contributed by atoms with E-state index in [4.69, 9.17) is 9.47 Å². The van der Waals surface area contributed by atoms with Crippen molar-refractivity contribution in [3.8, 4) is 0 Å². The minimum Gasteiger partial charge on any atom is -0.378 e. The molecule has 3 aliphatic heterocycles. The Bertz CT molecular complexity index is 1730. The molecule has 51 heavy (non-hydrogen) atoms. The van der Waals surface area contributed by atoms with Gasteiger partial charge in [-0.2, -0.15) is 5.10 Å². The molecule has 4 atom stereocenters. The third-order valence-corrected chi connectivity index (χ3v) is 11.2. The summed E-state index contributed by atoms with van der Waals surface area (Å²) in [6.45, 7) is 9.80. The molecule has 1 saturated carbocycles. The van der Waals surface area contributed by atoms with Crippen molar-refractivity contribution in [3.63, 3.8) is 0 Å². The summed E-state index contributed by atoms with van der Waals surface area (Å²) in [4.78, 5) is 61.0. The van der Waals surface area contributed by atoms with Crippen molar-refractivity contribution in [2.24, 2.45) is 22.7 Å². The molecule has 12 heteroatoms. The van der Waals surface area contributed by atoms with Crippen LogP contribution in [0.1, 0.15) is 48.7 Å². The first-order chi connectivity index (χ1) is 24.5. The molecule has 4 amide bonds. The van der Waals surface area contributed by atoms with E-state index in [1.54, 1.807) is 33.8 Å². The lowest BCUT2D eigenvalue weighted by atomic mass is 9.70. The van der Waals surface area contributed by atoms with Crippen molar-refractivity contribution in [2.45, 2.75) is 52.5 Å². The van der Waals surface area contributed by atoms with E-state index < -0.39 is 23.5 Å². The number of carbonyl (C=O) groups excluding carboxylic acids is 4. The number of hydrogen-bond acceptors (Lipinski definition) is 7. The van der Waals surface area contributed by atoms with E-state index in [2.05, 4.69) is 24.3 Å². The fourth-order valence-electron chi connectivity index (χ4n) is 7.81. The molecule has 4 fully saturated rings. The summed E-state index contributed by atoms with van der Waals surface area (Å²) in [6.07, 6.45) is 3.53. The van der Waals surface area contributed by atoms with Crippen molar-refractivity contribution in [2.75, 3.05) is 52.5 Å². The van der Waals surface area contributed by atoms with Gasteiger partial charge >= 0.3 is 0 Å². The van der Waals surface area contributed by atoms with Gasteiger partial charge in [-0.3, -0.25) is 23.9 Å². The molecule has 4 heterocycles. The topological polar surface area (TPSA) is 126 Å². The molecule has 1 aliphatic carbocycles. The molecule has 12 nitrogen and oxygen atoms in total. The monoisotopic (exact) mass is 696 g/mol. The number of carbonyl (C=O) groups is 4. The average Bonchev–Trinajstić information content (AvgIpc) is 3.42. The van der Waals surface area contributed by atoms with Gasteiger partial charge in [0.2, 0.25) is 17.7 Å². The predicted octanol–water partition coefficient (Wildman–Crippen LogP) is 2.83. The van der Waals surface area contributed by atoms with E-state index in [-0.39, 0.29) is 48.1 Å². The molecule has 1 spiro atoms. The first kappa shape index (κ1) is 34.9. The van der Waals surface area contributed by atoms with Gasteiger partial charge < -0.3 is 29.5 Å². The lowest BCUT2D eigenvalue weighted by Gasteiger charge is -2.50. The van der Waals surface area contributed by atoms with Crippen LogP contribution in [0.15, 0.2) is 73.1 Å². The number of nitrogens with one attached hydrogen (secondary N) is 1. The zero-order chi connectivity index (χ0) is 35.8. The predicted molar refractivity (Wildman–Crippen MR) is 188 cm³/mol. The third kappa shape index (κ3) is 7.43. The van der Waals surface area contributed by atoms with E-state index >= 15 is 0 Å². The zero-order valence-electron chi connectivity index (χ0n) is 29.7. The first-order valence-corrected chi connectivity index (χ1v) is 18.0. The van der Waals surface area contributed by atoms with Gasteiger partial charge in [-0.15, -0.1) is 0 Å². The van der Waals surface area contributed by atoms with Crippen LogP contribution in [-0.2, 0) is 37.0 Å². The normalized spacial score (nSPS) is 23.0. The number of rotatable bonds is 11. The van der Waals surface area contributed by atoms with Gasteiger partial charge in [0, 0.05) is 56.8 Å². The molecule has 270 valence electrons. The minimum absolute atomic E-state index is 0.0167. The smallest absolute Gasteiger partial charge is 0.257 e. The van der Waals surface area contributed by atoms with Crippen LogP contribution >= 0.6 is 0 Å². The van der Waals surface area contributed by atoms with Crippen LogP contribution in [0.3, 0.4) is 0 Å². The molecule has 7 rings (SSSR count). The summed E-state index contributed by atoms with van der Waals surface area (Å²) in [7, 11) is 0. The molecular formula is C39H48N6O6. The zero-order valence-corrected chi connectivity index (χ0v) is 29.7. The Labute approximate surface area is 299 Å². The van der Waals surface area contributed by atoms with Crippen LogP contribution in [-0.4, -0.2) is 113 Å². The third-order valence-electron chi connectivity index (χ3n) is 11.2. The highest BCUT2D eigenvalue weighted by atomic mass is 16.5. The van der Waals surface area contributed by atoms with Gasteiger partial charge in [0.15, 0.2) is 0 Å². The molecule has 3 saturated heterocycles. The summed E-state index contributed by atoms with van der Waals surface area (Å²) in [5.74, 6) is -1.28.